The SMILES string of the molecule is CC1(C)c2ccc(-c3ccc4oc5ccc(-c6c7ccccc7c(-c7cccc(-c8cccc9c8oc8ccccc89)c7)c7ccccc67)cc5c4c3)cc2-c2c1ccc1ccccc21. The van der Waals surface area contributed by atoms with Crippen molar-refractivity contribution in [3.05, 3.63) is 217 Å². The van der Waals surface area contributed by atoms with Crippen LogP contribution in [-0.4, -0.2) is 0 Å². The lowest BCUT2D eigenvalue weighted by Crippen LogP contribution is -2.14. The summed E-state index contributed by atoms with van der Waals surface area (Å²) >= 11 is 0. The first-order valence-electron chi connectivity index (χ1n) is 22.6. The number of para-hydroxylation sites is 2. The van der Waals surface area contributed by atoms with Gasteiger partial charge >= 0.3 is 0 Å². The van der Waals surface area contributed by atoms with Gasteiger partial charge in [-0.2, -0.15) is 0 Å². The molecule has 65 heavy (non-hydrogen) atoms. The molecule has 2 heteroatoms. The summed E-state index contributed by atoms with van der Waals surface area (Å²) in [6.07, 6.45) is 0. The smallest absolute Gasteiger partial charge is 0.143 e. The first-order chi connectivity index (χ1) is 32.0. The Morgan fingerprint density at radius 1 is 0.292 bits per heavy atom. The monoisotopic (exact) mass is 828 g/mol. The highest BCUT2D eigenvalue weighted by molar-refractivity contribution is 6.22. The van der Waals surface area contributed by atoms with Gasteiger partial charge in [0.25, 0.3) is 0 Å². The van der Waals surface area contributed by atoms with Gasteiger partial charge in [0, 0.05) is 32.5 Å². The van der Waals surface area contributed by atoms with Crippen molar-refractivity contribution in [1.82, 2.24) is 0 Å². The lowest BCUT2D eigenvalue weighted by Gasteiger charge is -2.21. The Morgan fingerprint density at radius 2 is 0.815 bits per heavy atom. The summed E-state index contributed by atoms with van der Waals surface area (Å²) < 4.78 is 13.1. The van der Waals surface area contributed by atoms with E-state index in [2.05, 4.69) is 214 Å². The summed E-state index contributed by atoms with van der Waals surface area (Å²) in [5.74, 6) is 0. The zero-order valence-electron chi connectivity index (χ0n) is 35.9. The second kappa shape index (κ2) is 13.4. The predicted molar refractivity (Wildman–Crippen MR) is 273 cm³/mol. The third kappa shape index (κ3) is 5.23. The van der Waals surface area contributed by atoms with Gasteiger partial charge in [0.05, 0.1) is 0 Å². The van der Waals surface area contributed by atoms with Gasteiger partial charge in [-0.25, -0.2) is 0 Å². The normalized spacial score (nSPS) is 13.2. The van der Waals surface area contributed by atoms with E-state index in [0.717, 1.165) is 60.6 Å². The zero-order valence-corrected chi connectivity index (χ0v) is 35.9. The predicted octanol–water partition coefficient (Wildman–Crippen LogP) is 17.9. The molecule has 0 atom stereocenters. The Bertz CT molecular complexity index is 4100. The van der Waals surface area contributed by atoms with Gasteiger partial charge in [-0.1, -0.05) is 178 Å². The number of fused-ring (bicyclic) bond motifs is 13. The van der Waals surface area contributed by atoms with Gasteiger partial charge < -0.3 is 8.83 Å². The quantitative estimate of drug-likeness (QED) is 0.165. The summed E-state index contributed by atoms with van der Waals surface area (Å²) in [4.78, 5) is 0. The van der Waals surface area contributed by atoms with Crippen LogP contribution in [0.25, 0.3) is 132 Å². The Labute approximate surface area is 375 Å². The molecule has 304 valence electrons. The van der Waals surface area contributed by atoms with E-state index < -0.39 is 0 Å². The Kier molecular flexibility index (Phi) is 7.49. The summed E-state index contributed by atoms with van der Waals surface area (Å²) in [7, 11) is 0. The first kappa shape index (κ1) is 36.3. The van der Waals surface area contributed by atoms with Crippen molar-refractivity contribution in [2.75, 3.05) is 0 Å². The van der Waals surface area contributed by atoms with E-state index in [-0.39, 0.29) is 5.41 Å². The number of hydrogen-bond donors (Lipinski definition) is 0. The highest BCUT2D eigenvalue weighted by Gasteiger charge is 2.36. The van der Waals surface area contributed by atoms with Crippen molar-refractivity contribution >= 4 is 76.2 Å². The molecule has 0 N–H and O–H groups in total. The minimum atomic E-state index is -0.0731. The maximum atomic E-state index is 6.57. The van der Waals surface area contributed by atoms with Crippen molar-refractivity contribution in [3.8, 4) is 55.6 Å². The topological polar surface area (TPSA) is 26.3 Å². The van der Waals surface area contributed by atoms with Gasteiger partial charge in [-0.3, -0.25) is 0 Å². The molecule has 0 bridgehead atoms. The Balaban J connectivity index is 0.920. The average molecular weight is 829 g/mol. The van der Waals surface area contributed by atoms with E-state index in [9.17, 15) is 0 Å². The van der Waals surface area contributed by atoms with Crippen LogP contribution >= 0.6 is 0 Å². The third-order valence-corrected chi connectivity index (χ3v) is 14.5. The van der Waals surface area contributed by atoms with E-state index >= 15 is 0 Å². The molecule has 0 radical (unpaired) electrons. The van der Waals surface area contributed by atoms with Crippen LogP contribution in [0, 0.1) is 0 Å². The fraction of sp³-hybridized carbons (Fsp3) is 0.0476. The minimum Gasteiger partial charge on any atom is -0.456 e. The molecule has 0 fully saturated rings. The molecule has 14 rings (SSSR count). The molecule has 0 unspecified atom stereocenters. The van der Waals surface area contributed by atoms with Crippen LogP contribution < -0.4 is 0 Å². The summed E-state index contributed by atoms with van der Waals surface area (Å²) in [6.45, 7) is 4.72. The van der Waals surface area contributed by atoms with E-state index in [4.69, 9.17) is 8.83 Å². The number of rotatable bonds is 4. The van der Waals surface area contributed by atoms with Gasteiger partial charge in [-0.15, -0.1) is 0 Å². The number of hydrogen-bond acceptors (Lipinski definition) is 2. The van der Waals surface area contributed by atoms with Crippen LogP contribution in [0.4, 0.5) is 0 Å². The number of benzene rings is 11. The summed E-state index contributed by atoms with van der Waals surface area (Å²) in [5, 5.41) is 12.0. The Hall–Kier alpha value is -8.20. The van der Waals surface area contributed by atoms with Crippen molar-refractivity contribution < 1.29 is 8.83 Å². The molecule has 0 saturated carbocycles. The highest BCUT2D eigenvalue weighted by atomic mass is 16.3. The molecule has 2 heterocycles. The molecule has 1 aliphatic rings. The average Bonchev–Trinajstić information content (AvgIpc) is 4.00. The summed E-state index contributed by atoms with van der Waals surface area (Å²) in [5.41, 5.74) is 18.4. The van der Waals surface area contributed by atoms with Gasteiger partial charge in [0.1, 0.15) is 22.3 Å². The van der Waals surface area contributed by atoms with Crippen molar-refractivity contribution in [3.63, 3.8) is 0 Å². The van der Waals surface area contributed by atoms with Gasteiger partial charge in [0.2, 0.25) is 0 Å². The molecular formula is C63H40O2. The van der Waals surface area contributed by atoms with Crippen molar-refractivity contribution in [1.29, 1.82) is 0 Å². The molecule has 0 amide bonds. The largest absolute Gasteiger partial charge is 0.456 e. The van der Waals surface area contributed by atoms with Crippen LogP contribution in [0.2, 0.25) is 0 Å². The van der Waals surface area contributed by atoms with Crippen LogP contribution in [-0.2, 0) is 5.41 Å². The first-order valence-corrected chi connectivity index (χ1v) is 22.6. The molecule has 0 saturated heterocycles. The highest BCUT2D eigenvalue weighted by Crippen LogP contribution is 2.53. The second-order valence-electron chi connectivity index (χ2n) is 18.3. The van der Waals surface area contributed by atoms with E-state index in [1.165, 1.54) is 82.4 Å². The van der Waals surface area contributed by atoms with Crippen molar-refractivity contribution in [2.24, 2.45) is 0 Å². The second-order valence-corrected chi connectivity index (χ2v) is 18.3. The van der Waals surface area contributed by atoms with Gasteiger partial charge in [-0.05, 0) is 136 Å². The number of furan rings is 2. The zero-order chi connectivity index (χ0) is 43.0. The molecule has 13 aromatic rings. The molecular weight excluding hydrogens is 789 g/mol. The van der Waals surface area contributed by atoms with E-state index in [0.29, 0.717) is 0 Å². The van der Waals surface area contributed by atoms with E-state index in [1.54, 1.807) is 0 Å². The van der Waals surface area contributed by atoms with Crippen LogP contribution in [0.15, 0.2) is 215 Å². The third-order valence-electron chi connectivity index (χ3n) is 14.5. The molecule has 2 nitrogen and oxygen atoms in total. The molecule has 2 aromatic heterocycles. The van der Waals surface area contributed by atoms with Gasteiger partial charge in [0.15, 0.2) is 0 Å². The molecule has 0 aliphatic heterocycles. The fourth-order valence-electron chi connectivity index (χ4n) is 11.4. The molecule has 0 spiro atoms. The van der Waals surface area contributed by atoms with Crippen molar-refractivity contribution in [2.45, 2.75) is 19.3 Å². The van der Waals surface area contributed by atoms with Crippen LogP contribution in [0.5, 0.6) is 0 Å². The standard InChI is InChI=1S/C63H40O2/c1-63(2)54-29-26-38(35-53(54)61-43-16-4-3-13-37(43)25-30-55(61)63)39-27-31-57-51(34-39)52-36-42(28-32-58(52)64-57)60-48-20-7-5-18-46(48)59(47-19-6-8-21-49(47)60)41-15-11-14-40(33-41)44-22-12-23-50-45-17-9-10-24-56(45)65-62(44)50/h3-36H,1-2H3. The lowest BCUT2D eigenvalue weighted by molar-refractivity contribution is 0.661. The maximum Gasteiger partial charge on any atom is 0.143 e. The minimum absolute atomic E-state index is 0.0731. The lowest BCUT2D eigenvalue weighted by atomic mass is 9.82. The Morgan fingerprint density at radius 3 is 1.55 bits per heavy atom. The molecule has 1 aliphatic carbocycles. The van der Waals surface area contributed by atoms with Crippen LogP contribution in [0.3, 0.4) is 0 Å². The van der Waals surface area contributed by atoms with E-state index in [1.807, 2.05) is 6.07 Å². The summed E-state index contributed by atoms with van der Waals surface area (Å²) in [6, 6.07) is 75.4. The van der Waals surface area contributed by atoms with Crippen LogP contribution in [0.1, 0.15) is 25.0 Å². The fourth-order valence-corrected chi connectivity index (χ4v) is 11.4. The molecule has 11 aromatic carbocycles. The maximum absolute atomic E-state index is 6.57.